The topological polar surface area (TPSA) is 168 Å². The predicted molar refractivity (Wildman–Crippen MR) is 159 cm³/mol. The van der Waals surface area contributed by atoms with Crippen LogP contribution in [0.25, 0.3) is 0 Å². The maximum atomic E-state index is 11.7. The summed E-state index contributed by atoms with van der Waals surface area (Å²) >= 11 is 4.92. The summed E-state index contributed by atoms with van der Waals surface area (Å²) in [5, 5.41) is 29.9. The van der Waals surface area contributed by atoms with Gasteiger partial charge in [-0.1, -0.05) is 24.3 Å². The molecule has 13 heteroatoms. The quantitative estimate of drug-likeness (QED) is 0.0860. The highest BCUT2D eigenvalue weighted by molar-refractivity contribution is 6.61. The van der Waals surface area contributed by atoms with Crippen molar-refractivity contribution in [3.63, 3.8) is 0 Å². The number of nitrogens with zero attached hydrogens (tertiary/aromatic N) is 2. The molecule has 0 saturated carbocycles. The minimum atomic E-state index is -0.978. The highest BCUT2D eigenvalue weighted by Gasteiger charge is 2.17. The molecule has 2 aliphatic rings. The van der Waals surface area contributed by atoms with Crippen molar-refractivity contribution in [1.82, 2.24) is 0 Å². The maximum absolute atomic E-state index is 11.7. The zero-order chi connectivity index (χ0) is 31.5. The first-order chi connectivity index (χ1) is 20.6. The normalized spacial score (nSPS) is 19.4. The molecule has 0 aromatic heterocycles. The number of hydrogen-bond donors (Lipinski definition) is 1. The summed E-state index contributed by atoms with van der Waals surface area (Å²) in [4.78, 5) is 41.6. The van der Waals surface area contributed by atoms with Gasteiger partial charge < -0.3 is 19.3 Å². The largest absolute Gasteiger partial charge is 0.514 e. The third-order valence-electron chi connectivity index (χ3n) is 6.22. The molecule has 2 atom stereocenters. The van der Waals surface area contributed by atoms with E-state index < -0.39 is 21.4 Å². The van der Waals surface area contributed by atoms with E-state index in [-0.39, 0.29) is 35.1 Å². The predicted octanol–water partition coefficient (Wildman–Crippen LogP) is 8.20. The van der Waals surface area contributed by atoms with Crippen molar-refractivity contribution >= 4 is 34.6 Å². The molecule has 0 amide bonds. The van der Waals surface area contributed by atoms with Gasteiger partial charge in [0, 0.05) is 35.9 Å². The van der Waals surface area contributed by atoms with Crippen molar-refractivity contribution in [3.05, 3.63) is 93.1 Å². The van der Waals surface area contributed by atoms with Gasteiger partial charge in [-0.2, -0.15) is 0 Å². The Morgan fingerprint density at radius 1 is 0.698 bits per heavy atom. The molecule has 2 aromatic rings. The molecule has 0 radical (unpaired) electrons. The standard InChI is InChI=1S/C15H17NO5.C8H14O.C7H4ClNO4/c17-15(20-13-6-4-2-1-3-5-7-13)21-14-10-8-12(9-11-14)16(18)19;9-8-6-4-2-1-3-5-7-8;8-7(10)13-6-3-1-5(2-4-6)9(11)12/h1-2,8-11,13H,3-7H2;1-2,8-9H,3-7H2;1-4H/b2*2-1+;/t13-;8-;/m00./s1. The zero-order valence-electron chi connectivity index (χ0n) is 23.5. The van der Waals surface area contributed by atoms with Crippen LogP contribution in [0.2, 0.25) is 0 Å². The third kappa shape index (κ3) is 15.5. The second-order valence-electron chi connectivity index (χ2n) is 9.55. The summed E-state index contributed by atoms with van der Waals surface area (Å²) in [5.74, 6) is 0.405. The minimum absolute atomic E-state index is 0.0325. The van der Waals surface area contributed by atoms with Crippen molar-refractivity contribution in [3.8, 4) is 11.5 Å². The number of aliphatic hydroxyl groups is 1. The molecule has 2 aromatic carbocycles. The van der Waals surface area contributed by atoms with Crippen molar-refractivity contribution in [1.29, 1.82) is 0 Å². The van der Waals surface area contributed by atoms with Crippen molar-refractivity contribution in [2.24, 2.45) is 0 Å². The molecular weight excluding hydrogens is 584 g/mol. The number of aliphatic hydroxyl groups excluding tert-OH is 1. The van der Waals surface area contributed by atoms with Gasteiger partial charge in [0.2, 0.25) is 0 Å². The summed E-state index contributed by atoms with van der Waals surface area (Å²) in [6.45, 7) is 0. The Labute approximate surface area is 254 Å². The molecule has 0 aliphatic heterocycles. The van der Waals surface area contributed by atoms with Gasteiger partial charge in [-0.15, -0.1) is 0 Å². The van der Waals surface area contributed by atoms with E-state index in [2.05, 4.69) is 29.0 Å². The van der Waals surface area contributed by atoms with Crippen molar-refractivity contribution < 1.29 is 38.8 Å². The number of carbonyl (C=O) groups is 2. The molecular formula is C30H35ClN2O10. The molecule has 0 heterocycles. The average Bonchev–Trinajstić information content (AvgIpc) is 2.93. The van der Waals surface area contributed by atoms with Gasteiger partial charge in [-0.05, 0) is 88.5 Å². The Morgan fingerprint density at radius 2 is 1.16 bits per heavy atom. The van der Waals surface area contributed by atoms with Gasteiger partial charge in [0.15, 0.2) is 0 Å². The van der Waals surface area contributed by atoms with Crippen LogP contribution in [-0.4, -0.2) is 38.7 Å². The van der Waals surface area contributed by atoms with Gasteiger partial charge in [-0.25, -0.2) is 9.59 Å². The van der Waals surface area contributed by atoms with E-state index in [1.165, 1.54) is 48.5 Å². The number of rotatable bonds is 5. The smallest absolute Gasteiger partial charge is 0.431 e. The number of allylic oxidation sites excluding steroid dienone is 4. The molecule has 43 heavy (non-hydrogen) atoms. The van der Waals surface area contributed by atoms with Gasteiger partial charge in [0.05, 0.1) is 16.0 Å². The fourth-order valence-corrected chi connectivity index (χ4v) is 4.09. The molecule has 232 valence electrons. The lowest BCUT2D eigenvalue weighted by Crippen LogP contribution is -2.21. The number of benzene rings is 2. The average molecular weight is 619 g/mol. The van der Waals surface area contributed by atoms with Crippen LogP contribution in [0.15, 0.2) is 72.8 Å². The van der Waals surface area contributed by atoms with E-state index in [1.54, 1.807) is 0 Å². The number of ether oxygens (including phenoxy) is 3. The number of nitro groups is 2. The Bertz CT molecular complexity index is 1230. The Hall–Kier alpha value is -4.29. The van der Waals surface area contributed by atoms with E-state index in [1.807, 2.05) is 0 Å². The fraction of sp³-hybridized carbons (Fsp3) is 0.400. The van der Waals surface area contributed by atoms with Crippen molar-refractivity contribution in [2.75, 3.05) is 0 Å². The van der Waals surface area contributed by atoms with Gasteiger partial charge in [0.1, 0.15) is 17.6 Å². The molecule has 0 bridgehead atoms. The van der Waals surface area contributed by atoms with Crippen LogP contribution in [0.4, 0.5) is 21.0 Å². The highest BCUT2D eigenvalue weighted by atomic mass is 35.5. The first-order valence-electron chi connectivity index (χ1n) is 13.9. The maximum Gasteiger partial charge on any atom is 0.514 e. The Kier molecular flexibility index (Phi) is 16.0. The van der Waals surface area contributed by atoms with E-state index >= 15 is 0 Å². The Balaban J connectivity index is 0.000000249. The number of carbonyl (C=O) groups excluding carboxylic acids is 2. The first-order valence-corrected chi connectivity index (χ1v) is 14.2. The number of hydrogen-bond acceptors (Lipinski definition) is 10. The van der Waals surface area contributed by atoms with E-state index in [4.69, 9.17) is 21.1 Å². The third-order valence-corrected chi connectivity index (χ3v) is 6.29. The summed E-state index contributed by atoms with van der Waals surface area (Å²) in [6.07, 6.45) is 17.5. The SMILES string of the molecule is O=C(Cl)Oc1ccc([N+](=O)[O-])cc1.O=C(Oc1ccc([N+](=O)[O-])cc1)O[C@H]1CC/C=C/CCC1.O[C@H]1CC/C=C/CCC1. The van der Waals surface area contributed by atoms with Gasteiger partial charge in [0.25, 0.3) is 11.4 Å². The van der Waals surface area contributed by atoms with Crippen LogP contribution in [0.5, 0.6) is 11.5 Å². The number of halogens is 1. The molecule has 4 rings (SSSR count). The molecule has 0 spiro atoms. The highest BCUT2D eigenvalue weighted by Crippen LogP contribution is 2.20. The summed E-state index contributed by atoms with van der Waals surface area (Å²) in [5.41, 5.74) is -1.11. The number of non-ortho nitro benzene ring substituents is 2. The lowest BCUT2D eigenvalue weighted by Gasteiger charge is -2.17. The number of nitro benzene ring substituents is 2. The van der Waals surface area contributed by atoms with Crippen LogP contribution in [0.1, 0.15) is 64.2 Å². The summed E-state index contributed by atoms with van der Waals surface area (Å²) < 4.78 is 14.8. The molecule has 1 N–H and O–H groups in total. The minimum Gasteiger partial charge on any atom is -0.431 e. The molecule has 0 fully saturated rings. The molecule has 12 nitrogen and oxygen atoms in total. The van der Waals surface area contributed by atoms with Crippen LogP contribution in [-0.2, 0) is 4.74 Å². The fourth-order valence-electron chi connectivity index (χ4n) is 4.00. The molecule has 0 unspecified atom stereocenters. The van der Waals surface area contributed by atoms with Gasteiger partial charge in [-0.3, -0.25) is 20.2 Å². The monoisotopic (exact) mass is 618 g/mol. The summed E-state index contributed by atoms with van der Waals surface area (Å²) in [6, 6.07) is 10.3. The molecule has 0 saturated heterocycles. The summed E-state index contributed by atoms with van der Waals surface area (Å²) in [7, 11) is 0. The van der Waals surface area contributed by atoms with E-state index in [0.717, 1.165) is 64.2 Å². The van der Waals surface area contributed by atoms with Crippen LogP contribution >= 0.6 is 11.6 Å². The van der Waals surface area contributed by atoms with Crippen LogP contribution < -0.4 is 9.47 Å². The lowest BCUT2D eigenvalue weighted by molar-refractivity contribution is -0.385. The molecule has 2 aliphatic carbocycles. The second kappa shape index (κ2) is 19.8. The van der Waals surface area contributed by atoms with E-state index in [9.17, 15) is 34.9 Å². The van der Waals surface area contributed by atoms with Crippen molar-refractivity contribution in [2.45, 2.75) is 76.4 Å². The zero-order valence-corrected chi connectivity index (χ0v) is 24.3. The Morgan fingerprint density at radius 3 is 1.67 bits per heavy atom. The lowest BCUT2D eigenvalue weighted by atomic mass is 10.0. The van der Waals surface area contributed by atoms with Crippen LogP contribution in [0.3, 0.4) is 0 Å². The van der Waals surface area contributed by atoms with Gasteiger partial charge >= 0.3 is 11.6 Å². The van der Waals surface area contributed by atoms with E-state index in [0.29, 0.717) is 0 Å². The van der Waals surface area contributed by atoms with Crippen LogP contribution in [0, 0.1) is 20.2 Å². The first kappa shape index (κ1) is 34.9. The second-order valence-corrected chi connectivity index (χ2v) is 9.86.